The third-order valence-electron chi connectivity index (χ3n) is 5.92. The van der Waals surface area contributed by atoms with Gasteiger partial charge in [0.2, 0.25) is 0 Å². The van der Waals surface area contributed by atoms with Crippen LogP contribution in [0.1, 0.15) is 47.6 Å². The van der Waals surface area contributed by atoms with Crippen LogP contribution in [0.15, 0.2) is 115 Å². The Labute approximate surface area is 191 Å². The maximum Gasteiger partial charge on any atom is 0.119 e. The minimum absolute atomic E-state index is 0.283. The monoisotopic (exact) mass is 421 g/mol. The SMILES string of the molecule is CC(NCCC(c1ccccc1)c1ccccc1)c1ccc(OCc2ccccc2)cc1. The molecule has 2 nitrogen and oxygen atoms in total. The Kier molecular flexibility index (Phi) is 7.73. The normalized spacial score (nSPS) is 11.9. The van der Waals surface area contributed by atoms with Gasteiger partial charge in [0.15, 0.2) is 0 Å². The van der Waals surface area contributed by atoms with E-state index >= 15 is 0 Å². The quantitative estimate of drug-likeness (QED) is 0.294. The van der Waals surface area contributed by atoms with Crippen molar-refractivity contribution in [2.45, 2.75) is 31.9 Å². The molecule has 0 saturated carbocycles. The van der Waals surface area contributed by atoms with E-state index in [9.17, 15) is 0 Å². The molecule has 0 aliphatic carbocycles. The van der Waals surface area contributed by atoms with Crippen molar-refractivity contribution in [2.24, 2.45) is 0 Å². The summed E-state index contributed by atoms with van der Waals surface area (Å²) in [5, 5.41) is 3.71. The Balaban J connectivity index is 1.32. The minimum Gasteiger partial charge on any atom is -0.489 e. The summed E-state index contributed by atoms with van der Waals surface area (Å²) in [6, 6.07) is 40.6. The first-order valence-corrected chi connectivity index (χ1v) is 11.4. The predicted molar refractivity (Wildman–Crippen MR) is 133 cm³/mol. The number of nitrogens with one attached hydrogen (secondary N) is 1. The standard InChI is InChI=1S/C30H31NO/c1-24(26-17-19-29(20-18-26)32-23-25-11-5-2-6-12-25)31-22-21-30(27-13-7-3-8-14-27)28-15-9-4-10-16-28/h2-20,24,30-31H,21-23H2,1H3. The van der Waals surface area contributed by atoms with Crippen molar-refractivity contribution >= 4 is 0 Å². The highest BCUT2D eigenvalue weighted by molar-refractivity contribution is 5.32. The van der Waals surface area contributed by atoms with Crippen LogP contribution in [0.4, 0.5) is 0 Å². The van der Waals surface area contributed by atoms with Gasteiger partial charge in [0.1, 0.15) is 12.4 Å². The molecule has 0 fully saturated rings. The molecule has 0 heterocycles. The Bertz CT molecular complexity index is 1010. The van der Waals surface area contributed by atoms with E-state index in [1.54, 1.807) is 0 Å². The van der Waals surface area contributed by atoms with Crippen molar-refractivity contribution in [1.29, 1.82) is 0 Å². The third kappa shape index (κ3) is 6.09. The number of hydrogen-bond acceptors (Lipinski definition) is 2. The molecule has 0 aliphatic heterocycles. The highest BCUT2D eigenvalue weighted by Gasteiger charge is 2.14. The van der Waals surface area contributed by atoms with Gasteiger partial charge in [0, 0.05) is 12.0 Å². The van der Waals surface area contributed by atoms with E-state index in [4.69, 9.17) is 4.74 Å². The molecule has 0 aliphatic rings. The van der Waals surface area contributed by atoms with Crippen molar-refractivity contribution in [3.05, 3.63) is 138 Å². The van der Waals surface area contributed by atoms with E-state index in [0.717, 1.165) is 18.7 Å². The second kappa shape index (κ2) is 11.3. The second-order valence-corrected chi connectivity index (χ2v) is 8.18. The summed E-state index contributed by atoms with van der Waals surface area (Å²) in [6.45, 7) is 3.76. The molecule has 32 heavy (non-hydrogen) atoms. The molecule has 0 amide bonds. The van der Waals surface area contributed by atoms with E-state index in [0.29, 0.717) is 12.5 Å². The summed E-state index contributed by atoms with van der Waals surface area (Å²) in [5.74, 6) is 1.30. The second-order valence-electron chi connectivity index (χ2n) is 8.18. The fourth-order valence-corrected chi connectivity index (χ4v) is 4.05. The van der Waals surface area contributed by atoms with Crippen LogP contribution in [-0.4, -0.2) is 6.54 Å². The van der Waals surface area contributed by atoms with Gasteiger partial charge in [-0.05, 0) is 54.3 Å². The Morgan fingerprint density at radius 1 is 0.625 bits per heavy atom. The van der Waals surface area contributed by atoms with Crippen LogP contribution in [0.2, 0.25) is 0 Å². The van der Waals surface area contributed by atoms with Crippen LogP contribution >= 0.6 is 0 Å². The lowest BCUT2D eigenvalue weighted by Crippen LogP contribution is -2.21. The first kappa shape index (κ1) is 21.9. The van der Waals surface area contributed by atoms with Crippen LogP contribution in [0, 0.1) is 0 Å². The average Bonchev–Trinajstić information content (AvgIpc) is 2.87. The van der Waals surface area contributed by atoms with Crippen molar-refractivity contribution in [2.75, 3.05) is 6.54 Å². The van der Waals surface area contributed by atoms with Gasteiger partial charge < -0.3 is 10.1 Å². The molecular formula is C30H31NO. The lowest BCUT2D eigenvalue weighted by molar-refractivity contribution is 0.306. The zero-order valence-electron chi connectivity index (χ0n) is 18.7. The van der Waals surface area contributed by atoms with Gasteiger partial charge in [-0.3, -0.25) is 0 Å². The first-order valence-electron chi connectivity index (χ1n) is 11.4. The maximum absolute atomic E-state index is 5.92. The van der Waals surface area contributed by atoms with E-state index in [1.165, 1.54) is 22.3 Å². The Hall–Kier alpha value is -3.36. The Morgan fingerprint density at radius 3 is 1.72 bits per heavy atom. The summed E-state index contributed by atoms with van der Waals surface area (Å²) < 4.78 is 5.92. The smallest absolute Gasteiger partial charge is 0.119 e. The zero-order valence-corrected chi connectivity index (χ0v) is 18.7. The predicted octanol–water partition coefficient (Wildman–Crippen LogP) is 7.14. The summed E-state index contributed by atoms with van der Waals surface area (Å²) >= 11 is 0. The molecule has 0 aromatic heterocycles. The summed E-state index contributed by atoms with van der Waals surface area (Å²) in [6.07, 6.45) is 1.05. The molecule has 2 heteroatoms. The van der Waals surface area contributed by atoms with Crippen LogP contribution < -0.4 is 10.1 Å². The van der Waals surface area contributed by atoms with Crippen LogP contribution in [0.3, 0.4) is 0 Å². The summed E-state index contributed by atoms with van der Waals surface area (Å²) in [7, 11) is 0. The van der Waals surface area contributed by atoms with Crippen molar-refractivity contribution in [3.63, 3.8) is 0 Å². The lowest BCUT2D eigenvalue weighted by atomic mass is 9.88. The largest absolute Gasteiger partial charge is 0.489 e. The molecule has 1 N–H and O–H groups in total. The van der Waals surface area contributed by atoms with Crippen molar-refractivity contribution in [1.82, 2.24) is 5.32 Å². The molecule has 0 spiro atoms. The van der Waals surface area contributed by atoms with E-state index < -0.39 is 0 Å². The Morgan fingerprint density at radius 2 is 1.16 bits per heavy atom. The number of benzene rings is 4. The molecule has 4 aromatic rings. The van der Waals surface area contributed by atoms with E-state index in [2.05, 4.69) is 109 Å². The van der Waals surface area contributed by atoms with E-state index in [-0.39, 0.29) is 6.04 Å². The van der Waals surface area contributed by atoms with Crippen molar-refractivity contribution < 1.29 is 4.74 Å². The third-order valence-corrected chi connectivity index (χ3v) is 5.92. The molecular weight excluding hydrogens is 390 g/mol. The number of rotatable bonds is 10. The van der Waals surface area contributed by atoms with Crippen LogP contribution in [-0.2, 0) is 6.61 Å². The molecule has 0 radical (unpaired) electrons. The molecule has 162 valence electrons. The van der Waals surface area contributed by atoms with E-state index in [1.807, 2.05) is 18.2 Å². The first-order chi connectivity index (χ1) is 15.8. The summed E-state index contributed by atoms with van der Waals surface area (Å²) in [5.41, 5.74) is 5.19. The lowest BCUT2D eigenvalue weighted by Gasteiger charge is -2.21. The van der Waals surface area contributed by atoms with Gasteiger partial charge in [-0.15, -0.1) is 0 Å². The average molecular weight is 422 g/mol. The highest BCUT2D eigenvalue weighted by Crippen LogP contribution is 2.28. The van der Waals surface area contributed by atoms with Gasteiger partial charge >= 0.3 is 0 Å². The van der Waals surface area contributed by atoms with Gasteiger partial charge in [0.05, 0.1) is 0 Å². The van der Waals surface area contributed by atoms with Crippen LogP contribution in [0.5, 0.6) is 5.75 Å². The molecule has 4 aromatic carbocycles. The zero-order chi connectivity index (χ0) is 22.0. The fourth-order valence-electron chi connectivity index (χ4n) is 4.05. The molecule has 1 unspecified atom stereocenters. The van der Waals surface area contributed by atoms with Gasteiger partial charge in [0.25, 0.3) is 0 Å². The van der Waals surface area contributed by atoms with Gasteiger partial charge in [-0.25, -0.2) is 0 Å². The molecule has 1 atom stereocenters. The summed E-state index contributed by atoms with van der Waals surface area (Å²) in [4.78, 5) is 0. The maximum atomic E-state index is 5.92. The van der Waals surface area contributed by atoms with Crippen LogP contribution in [0.25, 0.3) is 0 Å². The van der Waals surface area contributed by atoms with Gasteiger partial charge in [-0.2, -0.15) is 0 Å². The fraction of sp³-hybridized carbons (Fsp3) is 0.200. The molecule has 4 rings (SSSR count). The topological polar surface area (TPSA) is 21.3 Å². The molecule has 0 bridgehead atoms. The number of hydrogen-bond donors (Lipinski definition) is 1. The highest BCUT2D eigenvalue weighted by atomic mass is 16.5. The molecule has 0 saturated heterocycles. The van der Waals surface area contributed by atoms with Crippen molar-refractivity contribution in [3.8, 4) is 5.75 Å². The number of ether oxygens (including phenoxy) is 1. The minimum atomic E-state index is 0.283. The van der Waals surface area contributed by atoms with Gasteiger partial charge in [-0.1, -0.05) is 103 Å².